The summed E-state index contributed by atoms with van der Waals surface area (Å²) in [6, 6.07) is 1.74. The van der Waals surface area contributed by atoms with Gasteiger partial charge in [-0.25, -0.2) is 0 Å². The number of carbonyl (C=O) groups excluding carboxylic acids is 4. The molecule has 2 amide bonds. The highest BCUT2D eigenvalue weighted by atomic mass is 16.5. The van der Waals surface area contributed by atoms with Crippen LogP contribution in [0.3, 0.4) is 0 Å². The minimum Gasteiger partial charge on any atom is -0.469 e. The van der Waals surface area contributed by atoms with Gasteiger partial charge in [-0.3, -0.25) is 24.1 Å². The van der Waals surface area contributed by atoms with Crippen LogP contribution in [0.5, 0.6) is 0 Å². The third-order valence-corrected chi connectivity index (χ3v) is 5.54. The van der Waals surface area contributed by atoms with E-state index in [1.807, 2.05) is 23.6 Å². The fraction of sp³-hybridized carbons (Fsp3) is 0.500. The molecule has 3 rings (SSSR count). The van der Waals surface area contributed by atoms with Crippen molar-refractivity contribution in [2.24, 2.45) is 11.8 Å². The Kier molecular flexibility index (Phi) is 5.30. The van der Waals surface area contributed by atoms with Gasteiger partial charge in [0.25, 0.3) is 0 Å². The number of hydrogen-bond donors (Lipinski definition) is 0. The molecule has 144 valence electrons. The lowest BCUT2D eigenvalue weighted by molar-refractivity contribution is -0.141. The lowest BCUT2D eigenvalue weighted by Crippen LogP contribution is -2.36. The van der Waals surface area contributed by atoms with Gasteiger partial charge >= 0.3 is 5.97 Å². The van der Waals surface area contributed by atoms with E-state index in [4.69, 9.17) is 0 Å². The molecule has 0 aromatic carbocycles. The Morgan fingerprint density at radius 2 is 1.70 bits per heavy atom. The Balaban J connectivity index is 1.74. The SMILES string of the molecule is COC(=O)CCn1c(C)cc(C(=O)CN2C(=O)[C@H]3CC=CC[C@@H]3C2=O)c1C. The van der Waals surface area contributed by atoms with Crippen molar-refractivity contribution in [1.82, 2.24) is 9.47 Å². The van der Waals surface area contributed by atoms with E-state index >= 15 is 0 Å². The smallest absolute Gasteiger partial charge is 0.307 e. The Hall–Kier alpha value is -2.70. The first-order valence-electron chi connectivity index (χ1n) is 9.12. The van der Waals surface area contributed by atoms with Gasteiger partial charge in [0, 0.05) is 23.5 Å². The van der Waals surface area contributed by atoms with E-state index < -0.39 is 0 Å². The van der Waals surface area contributed by atoms with Gasteiger partial charge in [-0.2, -0.15) is 0 Å². The molecule has 7 heteroatoms. The van der Waals surface area contributed by atoms with E-state index in [0.29, 0.717) is 24.9 Å². The molecule has 0 spiro atoms. The van der Waals surface area contributed by atoms with E-state index in [1.165, 1.54) is 7.11 Å². The minimum atomic E-state index is -0.331. The van der Waals surface area contributed by atoms with Gasteiger partial charge in [0.15, 0.2) is 5.78 Å². The second-order valence-electron chi connectivity index (χ2n) is 7.10. The molecule has 2 aliphatic rings. The van der Waals surface area contributed by atoms with Crippen molar-refractivity contribution >= 4 is 23.6 Å². The van der Waals surface area contributed by atoms with Crippen LogP contribution in [-0.2, 0) is 25.7 Å². The number of aromatic nitrogens is 1. The summed E-state index contributed by atoms with van der Waals surface area (Å²) in [6.45, 7) is 3.84. The molecule has 1 aliphatic heterocycles. The molecule has 0 bridgehead atoms. The number of fused-ring (bicyclic) bond motifs is 1. The van der Waals surface area contributed by atoms with Gasteiger partial charge in [-0.15, -0.1) is 0 Å². The van der Waals surface area contributed by atoms with Crippen LogP contribution in [0.1, 0.15) is 41.0 Å². The summed E-state index contributed by atoms with van der Waals surface area (Å²) >= 11 is 0. The number of hydrogen-bond acceptors (Lipinski definition) is 5. The monoisotopic (exact) mass is 372 g/mol. The number of amides is 2. The number of likely N-dealkylation sites (tertiary alicyclic amines) is 1. The molecule has 0 N–H and O–H groups in total. The maximum absolute atomic E-state index is 12.8. The molecule has 0 saturated carbocycles. The van der Waals surface area contributed by atoms with Crippen molar-refractivity contribution in [3.05, 3.63) is 35.2 Å². The Bertz CT molecular complexity index is 810. The van der Waals surface area contributed by atoms with Crippen molar-refractivity contribution in [2.75, 3.05) is 13.7 Å². The van der Waals surface area contributed by atoms with E-state index in [9.17, 15) is 19.2 Å². The van der Waals surface area contributed by atoms with Crippen LogP contribution < -0.4 is 0 Å². The quantitative estimate of drug-likeness (QED) is 0.329. The van der Waals surface area contributed by atoms with Crippen molar-refractivity contribution in [2.45, 2.75) is 39.7 Å². The maximum Gasteiger partial charge on any atom is 0.307 e. The number of ether oxygens (including phenoxy) is 1. The second-order valence-corrected chi connectivity index (χ2v) is 7.10. The predicted octanol–water partition coefficient (Wildman–Crippen LogP) is 1.80. The molecule has 1 fully saturated rings. The molecule has 7 nitrogen and oxygen atoms in total. The van der Waals surface area contributed by atoms with Crippen LogP contribution >= 0.6 is 0 Å². The zero-order chi connectivity index (χ0) is 19.7. The molecule has 2 atom stereocenters. The van der Waals surface area contributed by atoms with Crippen LogP contribution in [0, 0.1) is 25.7 Å². The maximum atomic E-state index is 12.8. The molecule has 27 heavy (non-hydrogen) atoms. The molecular weight excluding hydrogens is 348 g/mol. The van der Waals surface area contributed by atoms with Gasteiger partial charge < -0.3 is 9.30 Å². The first-order chi connectivity index (χ1) is 12.8. The summed E-state index contributed by atoms with van der Waals surface area (Å²) in [5.41, 5.74) is 2.04. The number of methoxy groups -OCH3 is 1. The van der Waals surface area contributed by atoms with Crippen LogP contribution in [0.2, 0.25) is 0 Å². The first kappa shape index (κ1) is 19.1. The normalized spacial score (nSPS) is 21.5. The second kappa shape index (κ2) is 7.50. The Labute approximate surface area is 158 Å². The highest BCUT2D eigenvalue weighted by Crippen LogP contribution is 2.35. The van der Waals surface area contributed by atoms with Gasteiger partial charge in [-0.1, -0.05) is 12.2 Å². The molecular formula is C20H24N2O5. The summed E-state index contributed by atoms with van der Waals surface area (Å²) < 4.78 is 6.54. The summed E-state index contributed by atoms with van der Waals surface area (Å²) in [4.78, 5) is 50.4. The lowest BCUT2D eigenvalue weighted by atomic mass is 9.85. The average molecular weight is 372 g/mol. The molecule has 1 saturated heterocycles. The zero-order valence-corrected chi connectivity index (χ0v) is 15.9. The predicted molar refractivity (Wildman–Crippen MR) is 96.9 cm³/mol. The Morgan fingerprint density at radius 1 is 1.11 bits per heavy atom. The summed E-state index contributed by atoms with van der Waals surface area (Å²) in [5.74, 6) is -1.74. The number of Topliss-reactive ketones (excluding diaryl/α,β-unsaturated/α-hetero) is 1. The van der Waals surface area contributed by atoms with E-state index in [-0.39, 0.29) is 48.4 Å². The molecule has 2 heterocycles. The third kappa shape index (κ3) is 3.46. The number of aryl methyl sites for hydroxylation is 1. The fourth-order valence-corrected chi connectivity index (χ4v) is 3.99. The van der Waals surface area contributed by atoms with Crippen LogP contribution in [0.4, 0.5) is 0 Å². The van der Waals surface area contributed by atoms with Gasteiger partial charge in [0.05, 0.1) is 31.9 Å². The molecule has 0 unspecified atom stereocenters. The van der Waals surface area contributed by atoms with Gasteiger partial charge in [-0.05, 0) is 32.8 Å². The number of allylic oxidation sites excluding steroid dienone is 2. The zero-order valence-electron chi connectivity index (χ0n) is 15.9. The number of carbonyl (C=O) groups is 4. The number of imide groups is 1. The number of ketones is 1. The van der Waals surface area contributed by atoms with Crippen molar-refractivity contribution in [1.29, 1.82) is 0 Å². The molecule has 0 radical (unpaired) electrons. The first-order valence-corrected chi connectivity index (χ1v) is 9.12. The van der Waals surface area contributed by atoms with Crippen LogP contribution in [0.25, 0.3) is 0 Å². The van der Waals surface area contributed by atoms with E-state index in [0.717, 1.165) is 16.3 Å². The van der Waals surface area contributed by atoms with Crippen LogP contribution in [0.15, 0.2) is 18.2 Å². The highest BCUT2D eigenvalue weighted by Gasteiger charge is 2.47. The average Bonchev–Trinajstić information content (AvgIpc) is 3.08. The van der Waals surface area contributed by atoms with Gasteiger partial charge in [0.1, 0.15) is 0 Å². The lowest BCUT2D eigenvalue weighted by Gasteiger charge is -2.14. The third-order valence-electron chi connectivity index (χ3n) is 5.54. The number of esters is 1. The summed E-state index contributed by atoms with van der Waals surface area (Å²) in [7, 11) is 1.34. The molecule has 1 aromatic heterocycles. The number of rotatable bonds is 6. The minimum absolute atomic E-state index is 0.208. The number of nitrogens with zero attached hydrogens (tertiary/aromatic N) is 2. The van der Waals surface area contributed by atoms with Crippen molar-refractivity contribution in [3.63, 3.8) is 0 Å². The summed E-state index contributed by atoms with van der Waals surface area (Å²) in [6.07, 6.45) is 5.17. The fourth-order valence-electron chi connectivity index (χ4n) is 3.99. The summed E-state index contributed by atoms with van der Waals surface area (Å²) in [5, 5.41) is 0. The van der Waals surface area contributed by atoms with E-state index in [1.54, 1.807) is 13.0 Å². The molecule has 1 aliphatic carbocycles. The largest absolute Gasteiger partial charge is 0.469 e. The van der Waals surface area contributed by atoms with Crippen LogP contribution in [-0.4, -0.2) is 46.7 Å². The van der Waals surface area contributed by atoms with E-state index in [2.05, 4.69) is 4.74 Å². The highest BCUT2D eigenvalue weighted by molar-refractivity contribution is 6.10. The van der Waals surface area contributed by atoms with Gasteiger partial charge in [0.2, 0.25) is 11.8 Å². The Morgan fingerprint density at radius 3 is 2.26 bits per heavy atom. The molecule has 1 aromatic rings. The standard InChI is InChI=1S/C20H24N2O5/c1-12-10-16(13(2)21(12)9-8-18(24)27-3)17(23)11-22-19(25)14-6-4-5-7-15(14)20(22)26/h4-5,10,14-15H,6-9,11H2,1-3H3/t14-,15-/m0/s1. The van der Waals surface area contributed by atoms with Crippen molar-refractivity contribution in [3.8, 4) is 0 Å². The van der Waals surface area contributed by atoms with Crippen molar-refractivity contribution < 1.29 is 23.9 Å². The topological polar surface area (TPSA) is 85.7 Å².